The van der Waals surface area contributed by atoms with Gasteiger partial charge in [0.05, 0.1) is 23.3 Å². The molecule has 0 spiro atoms. The third kappa shape index (κ3) is 8.42. The lowest BCUT2D eigenvalue weighted by atomic mass is 10.1. The minimum atomic E-state index is -1.41. The lowest BCUT2D eigenvalue weighted by molar-refractivity contribution is -0.139. The number of hydrogen-bond donors (Lipinski definition) is 5. The first-order valence-corrected chi connectivity index (χ1v) is 15.9. The van der Waals surface area contributed by atoms with E-state index in [0.717, 1.165) is 32.9 Å². The molecule has 0 aliphatic heterocycles. The molecule has 0 saturated carbocycles. The second kappa shape index (κ2) is 15.5. The molecule has 50 heavy (non-hydrogen) atoms. The predicted octanol–water partition coefficient (Wildman–Crippen LogP) is 6.06. The molecule has 0 saturated heterocycles. The van der Waals surface area contributed by atoms with Gasteiger partial charge in [0.1, 0.15) is 18.5 Å². The summed E-state index contributed by atoms with van der Waals surface area (Å²) in [6.45, 7) is -0.00918. The second-order valence-corrected chi connectivity index (χ2v) is 11.5. The van der Waals surface area contributed by atoms with Gasteiger partial charge in [-0.1, -0.05) is 91.0 Å². The summed E-state index contributed by atoms with van der Waals surface area (Å²) in [6.07, 6.45) is -0.920. The molecule has 1 unspecified atom stereocenters. The molecule has 1 heterocycles. The van der Waals surface area contributed by atoms with Crippen LogP contribution in [0.15, 0.2) is 121 Å². The average Bonchev–Trinajstić information content (AvgIpc) is 3.55. The van der Waals surface area contributed by atoms with Gasteiger partial charge in [0.2, 0.25) is 0 Å². The first-order valence-electron chi connectivity index (χ1n) is 15.9. The van der Waals surface area contributed by atoms with Crippen LogP contribution in [-0.4, -0.2) is 56.6 Å². The van der Waals surface area contributed by atoms with E-state index in [1.54, 1.807) is 53.4 Å². The Labute approximate surface area is 287 Å². The van der Waals surface area contributed by atoms with Crippen LogP contribution < -0.4 is 16.0 Å². The van der Waals surface area contributed by atoms with Crippen LogP contribution in [0.5, 0.6) is 0 Å². The summed E-state index contributed by atoms with van der Waals surface area (Å²) in [4.78, 5) is 60.2. The Hall–Kier alpha value is -6.69. The molecule has 0 fully saturated rings. The summed E-state index contributed by atoms with van der Waals surface area (Å²) in [6, 6.07) is 35.0. The molecule has 12 nitrogen and oxygen atoms in total. The van der Waals surface area contributed by atoms with Crippen molar-refractivity contribution in [3.05, 3.63) is 144 Å². The number of H-pyrrole nitrogens is 1. The number of ether oxygens (including phenoxy) is 1. The van der Waals surface area contributed by atoms with Crippen LogP contribution in [0.2, 0.25) is 0 Å². The van der Waals surface area contributed by atoms with Gasteiger partial charge in [-0.2, -0.15) is 0 Å². The Balaban J connectivity index is 1.10. The molecule has 6 rings (SSSR count). The topological polar surface area (TPSA) is 166 Å². The van der Waals surface area contributed by atoms with E-state index in [1.165, 1.54) is 0 Å². The van der Waals surface area contributed by atoms with Gasteiger partial charge in [0.25, 0.3) is 5.91 Å². The molecule has 0 bridgehead atoms. The number of hydrogen-bond acceptors (Lipinski definition) is 6. The van der Waals surface area contributed by atoms with Gasteiger partial charge < -0.3 is 35.7 Å². The highest BCUT2D eigenvalue weighted by Gasteiger charge is 2.22. The molecule has 252 valence electrons. The van der Waals surface area contributed by atoms with E-state index >= 15 is 0 Å². The number of carboxylic acids is 1. The SMILES string of the molecule is O=C(NC(CNC(=O)c1ccc(CN(Cc2nc3ccccc3[nH]2)C(=O)Nc2cccc3ccccc23)cc1)C(=O)O)OCc1ccccc1. The number of amides is 4. The lowest BCUT2D eigenvalue weighted by Crippen LogP contribution is -2.48. The van der Waals surface area contributed by atoms with E-state index in [9.17, 15) is 24.3 Å². The van der Waals surface area contributed by atoms with Crippen molar-refractivity contribution in [2.45, 2.75) is 25.7 Å². The van der Waals surface area contributed by atoms with Gasteiger partial charge in [0, 0.05) is 24.0 Å². The van der Waals surface area contributed by atoms with E-state index in [4.69, 9.17) is 4.74 Å². The molecule has 5 N–H and O–H groups in total. The normalized spacial score (nSPS) is 11.4. The molecule has 12 heteroatoms. The number of carbonyl (C=O) groups excluding carboxylic acids is 3. The summed E-state index contributed by atoms with van der Waals surface area (Å²) in [5, 5.41) is 19.3. The maximum Gasteiger partial charge on any atom is 0.408 e. The van der Waals surface area contributed by atoms with Gasteiger partial charge in [0.15, 0.2) is 0 Å². The van der Waals surface area contributed by atoms with Crippen LogP contribution in [0.25, 0.3) is 21.8 Å². The summed E-state index contributed by atoms with van der Waals surface area (Å²) < 4.78 is 5.10. The minimum Gasteiger partial charge on any atom is -0.480 e. The quantitative estimate of drug-likeness (QED) is 0.106. The average molecular weight is 671 g/mol. The number of fused-ring (bicyclic) bond motifs is 2. The molecule has 1 atom stereocenters. The van der Waals surface area contributed by atoms with Crippen LogP contribution in [0.4, 0.5) is 15.3 Å². The van der Waals surface area contributed by atoms with Crippen LogP contribution in [0, 0.1) is 0 Å². The zero-order valence-corrected chi connectivity index (χ0v) is 26.8. The fraction of sp³-hybridized carbons (Fsp3) is 0.132. The number of para-hydroxylation sites is 2. The van der Waals surface area contributed by atoms with Gasteiger partial charge in [-0.05, 0) is 46.8 Å². The fourth-order valence-electron chi connectivity index (χ4n) is 5.38. The first-order chi connectivity index (χ1) is 24.3. The van der Waals surface area contributed by atoms with Crippen molar-refractivity contribution in [2.24, 2.45) is 0 Å². The maximum absolute atomic E-state index is 13.8. The van der Waals surface area contributed by atoms with Gasteiger partial charge >= 0.3 is 18.1 Å². The van der Waals surface area contributed by atoms with Crippen LogP contribution in [-0.2, 0) is 29.2 Å². The highest BCUT2D eigenvalue weighted by atomic mass is 16.5. The standard InChI is InChI=1S/C38H34N6O6/c45-35(39-21-33(36(46)47)43-38(49)50-24-26-9-2-1-3-10-26)28-19-17-25(18-20-28)22-44(23-34-40-31-14-6-7-15-32(31)41-34)37(48)42-30-16-8-12-27-11-4-5-13-29(27)30/h1-20,33H,21-24H2,(H,39,45)(H,40,41)(H,42,48)(H,43,49)(H,46,47). The third-order valence-corrected chi connectivity index (χ3v) is 7.96. The number of benzene rings is 5. The molecule has 1 aromatic heterocycles. The van der Waals surface area contributed by atoms with E-state index in [0.29, 0.717) is 11.5 Å². The Bertz CT molecular complexity index is 2100. The monoisotopic (exact) mass is 670 g/mol. The number of urea groups is 1. The lowest BCUT2D eigenvalue weighted by Gasteiger charge is -2.23. The maximum atomic E-state index is 13.8. The van der Waals surface area contributed by atoms with Crippen molar-refractivity contribution in [1.82, 2.24) is 25.5 Å². The number of rotatable bonds is 12. The molecule has 5 aromatic carbocycles. The first kappa shape index (κ1) is 33.2. The molecule has 6 aromatic rings. The molecule has 0 aliphatic carbocycles. The number of imidazole rings is 1. The predicted molar refractivity (Wildman–Crippen MR) is 188 cm³/mol. The number of nitrogens with one attached hydrogen (secondary N) is 4. The summed E-state index contributed by atoms with van der Waals surface area (Å²) in [7, 11) is 0. The Kier molecular flexibility index (Phi) is 10.3. The van der Waals surface area contributed by atoms with Crippen molar-refractivity contribution >= 4 is 51.5 Å². The zero-order chi connectivity index (χ0) is 34.9. The number of aromatic nitrogens is 2. The van der Waals surface area contributed by atoms with Gasteiger partial charge in [-0.15, -0.1) is 0 Å². The largest absolute Gasteiger partial charge is 0.480 e. The molecule has 0 aliphatic rings. The summed E-state index contributed by atoms with van der Waals surface area (Å²) in [5.74, 6) is -1.25. The van der Waals surface area contributed by atoms with Crippen molar-refractivity contribution in [1.29, 1.82) is 0 Å². The number of alkyl carbamates (subject to hydrolysis) is 1. The van der Waals surface area contributed by atoms with E-state index in [2.05, 4.69) is 25.9 Å². The van der Waals surface area contributed by atoms with Crippen molar-refractivity contribution < 1.29 is 29.0 Å². The minimum absolute atomic E-state index is 0.0295. The molecular formula is C38H34N6O6. The van der Waals surface area contributed by atoms with Crippen molar-refractivity contribution in [2.75, 3.05) is 11.9 Å². The summed E-state index contributed by atoms with van der Waals surface area (Å²) >= 11 is 0. The number of nitrogens with zero attached hydrogens (tertiary/aromatic N) is 2. The number of anilines is 1. The zero-order valence-electron chi connectivity index (χ0n) is 26.8. The number of aliphatic carboxylic acids is 1. The smallest absolute Gasteiger partial charge is 0.408 e. The van der Waals surface area contributed by atoms with Crippen LogP contribution >= 0.6 is 0 Å². The Morgan fingerprint density at radius 3 is 2.28 bits per heavy atom. The van der Waals surface area contributed by atoms with Gasteiger partial charge in [-0.3, -0.25) is 4.79 Å². The Morgan fingerprint density at radius 2 is 1.50 bits per heavy atom. The highest BCUT2D eigenvalue weighted by Crippen LogP contribution is 2.24. The van der Waals surface area contributed by atoms with Crippen molar-refractivity contribution in [3.8, 4) is 0 Å². The number of carbonyl (C=O) groups is 4. The van der Waals surface area contributed by atoms with Crippen LogP contribution in [0.1, 0.15) is 27.3 Å². The second-order valence-electron chi connectivity index (χ2n) is 11.5. The fourth-order valence-corrected chi connectivity index (χ4v) is 5.38. The summed E-state index contributed by atoms with van der Waals surface area (Å²) in [5.41, 5.74) is 4.08. The van der Waals surface area contributed by atoms with Crippen molar-refractivity contribution in [3.63, 3.8) is 0 Å². The molecule has 4 amide bonds. The van der Waals surface area contributed by atoms with Crippen LogP contribution in [0.3, 0.4) is 0 Å². The van der Waals surface area contributed by atoms with E-state index < -0.39 is 24.0 Å². The molecular weight excluding hydrogens is 636 g/mol. The number of carboxylic acid groups (broad SMARTS) is 1. The van der Waals surface area contributed by atoms with Gasteiger partial charge in [-0.25, -0.2) is 19.4 Å². The highest BCUT2D eigenvalue weighted by molar-refractivity contribution is 6.01. The van der Waals surface area contributed by atoms with E-state index in [-0.39, 0.29) is 37.8 Å². The number of aromatic amines is 1. The third-order valence-electron chi connectivity index (χ3n) is 7.96. The molecule has 0 radical (unpaired) electrons. The van der Waals surface area contributed by atoms with E-state index in [1.807, 2.05) is 72.8 Å². The Morgan fingerprint density at radius 1 is 0.780 bits per heavy atom.